The van der Waals surface area contributed by atoms with Gasteiger partial charge in [0.05, 0.1) is 12.9 Å². The first kappa shape index (κ1) is 20.7. The highest BCUT2D eigenvalue weighted by Crippen LogP contribution is 2.26. The third-order valence-electron chi connectivity index (χ3n) is 3.13. The van der Waals surface area contributed by atoms with E-state index in [2.05, 4.69) is 0 Å². The van der Waals surface area contributed by atoms with E-state index >= 15 is 0 Å². The van der Waals surface area contributed by atoms with Gasteiger partial charge in [0.1, 0.15) is 5.75 Å². The Morgan fingerprint density at radius 1 is 1.33 bits per heavy atom. The number of halogens is 1. The van der Waals surface area contributed by atoms with Crippen LogP contribution in [0.25, 0.3) is 0 Å². The number of amides is 1. The van der Waals surface area contributed by atoms with Crippen molar-refractivity contribution in [2.24, 2.45) is 5.92 Å². The molecule has 1 aromatic carbocycles. The molecule has 6 nitrogen and oxygen atoms in total. The van der Waals surface area contributed by atoms with Crippen molar-refractivity contribution in [1.29, 1.82) is 0 Å². The second-order valence-electron chi connectivity index (χ2n) is 5.95. The highest BCUT2D eigenvalue weighted by Gasteiger charge is 2.19. The third-order valence-corrected chi connectivity index (χ3v) is 3.84. The first-order valence-corrected chi connectivity index (χ1v) is 9.76. The molecule has 0 saturated carbocycles. The van der Waals surface area contributed by atoms with Gasteiger partial charge in [0.2, 0.25) is 5.91 Å². The first-order valence-electron chi connectivity index (χ1n) is 7.57. The van der Waals surface area contributed by atoms with E-state index in [1.807, 2.05) is 13.8 Å². The highest BCUT2D eigenvalue weighted by atomic mass is 35.5. The van der Waals surface area contributed by atoms with Crippen molar-refractivity contribution < 1.29 is 22.1 Å². The summed E-state index contributed by atoms with van der Waals surface area (Å²) in [4.78, 5) is 14.0. The van der Waals surface area contributed by atoms with Crippen molar-refractivity contribution in [1.82, 2.24) is 4.90 Å². The maximum atomic E-state index is 12.4. The van der Waals surface area contributed by atoms with Crippen LogP contribution in [0.2, 0.25) is 5.02 Å². The lowest BCUT2D eigenvalue weighted by molar-refractivity contribution is -0.133. The Morgan fingerprint density at radius 2 is 2.00 bits per heavy atom. The lowest BCUT2D eigenvalue weighted by Crippen LogP contribution is -2.34. The highest BCUT2D eigenvalue weighted by molar-refractivity contribution is 7.86. The maximum absolute atomic E-state index is 12.4. The number of carbonyl (C=O) groups is 1. The molecule has 0 bridgehead atoms. The zero-order valence-electron chi connectivity index (χ0n) is 14.4. The molecule has 0 atom stereocenters. The predicted octanol–water partition coefficient (Wildman–Crippen LogP) is 2.70. The van der Waals surface area contributed by atoms with Crippen LogP contribution in [0.4, 0.5) is 0 Å². The average molecular weight is 378 g/mol. The van der Waals surface area contributed by atoms with Gasteiger partial charge in [-0.05, 0) is 24.1 Å². The quantitative estimate of drug-likeness (QED) is 0.618. The van der Waals surface area contributed by atoms with Crippen LogP contribution in [0, 0.1) is 5.92 Å². The Morgan fingerprint density at radius 3 is 2.54 bits per heavy atom. The number of carbonyl (C=O) groups excluding carboxylic acids is 1. The Bertz CT molecular complexity index is 660. The van der Waals surface area contributed by atoms with E-state index < -0.39 is 10.1 Å². The average Bonchev–Trinajstić information content (AvgIpc) is 2.44. The van der Waals surface area contributed by atoms with Gasteiger partial charge in [0, 0.05) is 37.2 Å². The Hall–Kier alpha value is -1.31. The summed E-state index contributed by atoms with van der Waals surface area (Å²) in [7, 11) is -2.12. The number of ether oxygens (including phenoxy) is 1. The van der Waals surface area contributed by atoms with Gasteiger partial charge in [0.25, 0.3) is 0 Å². The van der Waals surface area contributed by atoms with Gasteiger partial charge < -0.3 is 13.8 Å². The van der Waals surface area contributed by atoms with Crippen molar-refractivity contribution in [3.8, 4) is 5.75 Å². The molecule has 0 aliphatic carbocycles. The summed E-state index contributed by atoms with van der Waals surface area (Å²) in [5, 5.41) is 0.439. The third kappa shape index (κ3) is 7.51. The molecule has 0 radical (unpaired) electrons. The Balaban J connectivity index is 3.07. The van der Waals surface area contributed by atoms with Crippen molar-refractivity contribution in [2.75, 3.05) is 26.5 Å². The normalized spacial score (nSPS) is 11.6. The molecule has 0 aliphatic heterocycles. The molecule has 1 amide bonds. The van der Waals surface area contributed by atoms with Crippen molar-refractivity contribution in [3.63, 3.8) is 0 Å². The lowest BCUT2D eigenvalue weighted by atomic mass is 10.1. The summed E-state index contributed by atoms with van der Waals surface area (Å²) in [6.07, 6.45) is 1.37. The number of methoxy groups -OCH3 is 1. The fourth-order valence-corrected chi connectivity index (χ4v) is 2.78. The molecule has 1 aromatic rings. The maximum Gasteiger partial charge on any atom is 0.306 e. The van der Waals surface area contributed by atoms with Crippen LogP contribution in [0.3, 0.4) is 0 Å². The summed E-state index contributed by atoms with van der Waals surface area (Å²) < 4.78 is 32.9. The molecule has 0 unspecified atom stereocenters. The fourth-order valence-electron chi connectivity index (χ4n) is 2.09. The summed E-state index contributed by atoms with van der Waals surface area (Å²) in [6, 6.07) is 4.63. The molecule has 24 heavy (non-hydrogen) atoms. The molecule has 136 valence electrons. The number of benzene rings is 1. The van der Waals surface area contributed by atoms with Crippen LogP contribution in [0.15, 0.2) is 18.2 Å². The minimum Gasteiger partial charge on any atom is -0.383 e. The van der Waals surface area contributed by atoms with E-state index in [1.54, 1.807) is 24.1 Å². The molecule has 0 saturated heterocycles. The molecule has 0 spiro atoms. The monoisotopic (exact) mass is 377 g/mol. The number of rotatable bonds is 9. The molecule has 1 rings (SSSR count). The topological polar surface area (TPSA) is 72.9 Å². The molecular formula is C16H24ClNO5S. The van der Waals surface area contributed by atoms with E-state index in [4.69, 9.17) is 20.5 Å². The number of hydrogen-bond acceptors (Lipinski definition) is 5. The zero-order chi connectivity index (χ0) is 18.3. The van der Waals surface area contributed by atoms with E-state index in [-0.39, 0.29) is 24.1 Å². The zero-order valence-corrected chi connectivity index (χ0v) is 16.0. The van der Waals surface area contributed by atoms with Crippen LogP contribution in [0.5, 0.6) is 5.75 Å². The van der Waals surface area contributed by atoms with Gasteiger partial charge in [-0.1, -0.05) is 25.4 Å². The summed E-state index contributed by atoms with van der Waals surface area (Å²) in [5.74, 6) is 0.350. The van der Waals surface area contributed by atoms with Gasteiger partial charge in [-0.2, -0.15) is 8.42 Å². The van der Waals surface area contributed by atoms with Gasteiger partial charge in [0.15, 0.2) is 0 Å². The molecule has 0 heterocycles. The van der Waals surface area contributed by atoms with Crippen molar-refractivity contribution >= 4 is 27.6 Å². The Labute approximate surface area is 148 Å². The van der Waals surface area contributed by atoms with Crippen LogP contribution in [-0.4, -0.2) is 45.7 Å². The number of nitrogens with zero attached hydrogens (tertiary/aromatic N) is 1. The lowest BCUT2D eigenvalue weighted by Gasteiger charge is -2.24. The van der Waals surface area contributed by atoms with Gasteiger partial charge >= 0.3 is 10.1 Å². The molecule has 0 aromatic heterocycles. The molecule has 0 fully saturated rings. The van der Waals surface area contributed by atoms with Crippen LogP contribution in [0.1, 0.15) is 25.8 Å². The molecule has 0 N–H and O–H groups in total. The van der Waals surface area contributed by atoms with E-state index in [9.17, 15) is 13.2 Å². The molecule has 8 heteroatoms. The number of hydrogen-bond donors (Lipinski definition) is 0. The summed E-state index contributed by atoms with van der Waals surface area (Å²) in [6.45, 7) is 4.90. The Kier molecular flexibility index (Phi) is 7.99. The minimum absolute atomic E-state index is 0.0349. The van der Waals surface area contributed by atoms with Gasteiger partial charge in [-0.15, -0.1) is 0 Å². The van der Waals surface area contributed by atoms with Crippen molar-refractivity contribution in [3.05, 3.63) is 28.8 Å². The second kappa shape index (κ2) is 9.25. The van der Waals surface area contributed by atoms with Gasteiger partial charge in [-0.3, -0.25) is 4.79 Å². The van der Waals surface area contributed by atoms with Crippen LogP contribution in [-0.2, 0) is 26.2 Å². The second-order valence-corrected chi connectivity index (χ2v) is 7.96. The van der Waals surface area contributed by atoms with Crippen LogP contribution < -0.4 is 4.18 Å². The molecular weight excluding hydrogens is 354 g/mol. The van der Waals surface area contributed by atoms with Crippen molar-refractivity contribution in [2.45, 2.75) is 26.8 Å². The SMILES string of the molecule is COCCN(Cc1cc(Cl)ccc1OS(C)(=O)=O)C(=O)CC(C)C. The smallest absolute Gasteiger partial charge is 0.306 e. The minimum atomic E-state index is -3.68. The van der Waals surface area contributed by atoms with E-state index in [1.165, 1.54) is 6.07 Å². The standard InChI is InChI=1S/C16H24ClNO5S/c1-12(2)9-16(19)18(7-8-22-3)11-13-10-14(17)5-6-15(13)23-24(4,20)21/h5-6,10,12H,7-9,11H2,1-4H3. The van der Waals surface area contributed by atoms with E-state index in [0.29, 0.717) is 30.2 Å². The van der Waals surface area contributed by atoms with Crippen LogP contribution >= 0.6 is 11.6 Å². The summed E-state index contributed by atoms with van der Waals surface area (Å²) in [5.41, 5.74) is 0.529. The predicted molar refractivity (Wildman–Crippen MR) is 93.7 cm³/mol. The van der Waals surface area contributed by atoms with Gasteiger partial charge in [-0.25, -0.2) is 0 Å². The largest absolute Gasteiger partial charge is 0.383 e. The summed E-state index contributed by atoms with van der Waals surface area (Å²) >= 11 is 6.01. The molecule has 0 aliphatic rings. The first-order chi connectivity index (χ1) is 11.1. The van der Waals surface area contributed by atoms with E-state index in [0.717, 1.165) is 6.26 Å². The fraction of sp³-hybridized carbons (Fsp3) is 0.562.